The molecule has 1 aliphatic rings. The first-order chi connectivity index (χ1) is 26.5. The molecule has 2 atom stereocenters. The molecule has 0 heterocycles. The summed E-state index contributed by atoms with van der Waals surface area (Å²) in [6.07, 6.45) is 5.52. The Morgan fingerprint density at radius 3 is 2.09 bits per heavy atom. The van der Waals surface area contributed by atoms with Crippen LogP contribution in [0.3, 0.4) is 0 Å². The van der Waals surface area contributed by atoms with E-state index in [2.05, 4.69) is 31.9 Å². The van der Waals surface area contributed by atoms with E-state index >= 15 is 0 Å². The van der Waals surface area contributed by atoms with E-state index in [9.17, 15) is 33.6 Å². The molecule has 1 fully saturated rings. The zero-order chi connectivity index (χ0) is 39.6. The molecule has 1 aliphatic carbocycles. The molecule has 14 nitrogen and oxygen atoms in total. The molecule has 296 valence electrons. The van der Waals surface area contributed by atoms with Gasteiger partial charge in [-0.2, -0.15) is 0 Å². The fourth-order valence-corrected chi connectivity index (χ4v) is 6.49. The van der Waals surface area contributed by atoms with E-state index in [4.69, 9.17) is 4.74 Å². The molecule has 0 aliphatic heterocycles. The Kier molecular flexibility index (Phi) is 16.9. The minimum absolute atomic E-state index is 0.0503. The van der Waals surface area contributed by atoms with Crippen LogP contribution in [0.25, 0.3) is 0 Å². The Morgan fingerprint density at radius 1 is 0.745 bits per heavy atom. The number of amides is 5. The van der Waals surface area contributed by atoms with E-state index in [-0.39, 0.29) is 74.1 Å². The highest BCUT2D eigenvalue weighted by Gasteiger charge is 2.26. The maximum Gasteiger partial charge on any atom is 0.408 e. The van der Waals surface area contributed by atoms with Crippen LogP contribution in [0.4, 0.5) is 10.5 Å². The molecule has 5 amide bonds. The van der Waals surface area contributed by atoms with Crippen LogP contribution in [-0.4, -0.2) is 67.5 Å². The summed E-state index contributed by atoms with van der Waals surface area (Å²) in [5, 5.41) is 16.7. The Bertz CT molecular complexity index is 1790. The van der Waals surface area contributed by atoms with Crippen molar-refractivity contribution in [2.75, 3.05) is 25.0 Å². The molecule has 0 saturated heterocycles. The summed E-state index contributed by atoms with van der Waals surface area (Å²) in [5.74, 6) is -1.46. The van der Waals surface area contributed by atoms with Gasteiger partial charge in [0.05, 0.1) is 12.2 Å². The SMILES string of the molecule is CC(C)C[C@H](NC(=O)OCc1ccccc1)C(=O)NCCc1c(NCCCC(=O)NCC(=O)N[C@@H](Cc2ccccc2)C(=O)NC2CCCCC2)c(=O)c1=O. The molecule has 3 aromatic carbocycles. The molecular weight excluding hydrogens is 704 g/mol. The number of carbonyl (C=O) groups excluding carboxylic acids is 5. The van der Waals surface area contributed by atoms with Gasteiger partial charge in [-0.1, -0.05) is 93.8 Å². The van der Waals surface area contributed by atoms with Crippen LogP contribution in [0.2, 0.25) is 0 Å². The normalized spacial score (nSPS) is 14.0. The van der Waals surface area contributed by atoms with Gasteiger partial charge in [-0.3, -0.25) is 28.8 Å². The largest absolute Gasteiger partial charge is 0.445 e. The summed E-state index contributed by atoms with van der Waals surface area (Å²) in [4.78, 5) is 88.4. The van der Waals surface area contributed by atoms with Crippen molar-refractivity contribution in [2.24, 2.45) is 5.92 Å². The molecule has 0 unspecified atom stereocenters. The third kappa shape index (κ3) is 14.3. The lowest BCUT2D eigenvalue weighted by atomic mass is 9.95. The lowest BCUT2D eigenvalue weighted by Gasteiger charge is -2.26. The maximum atomic E-state index is 13.2. The second-order valence-corrected chi connectivity index (χ2v) is 14.4. The van der Waals surface area contributed by atoms with E-state index in [0.29, 0.717) is 19.3 Å². The predicted molar refractivity (Wildman–Crippen MR) is 209 cm³/mol. The molecular formula is C41H54N6O8. The molecule has 0 aromatic heterocycles. The highest BCUT2D eigenvalue weighted by atomic mass is 16.5. The Hall–Kier alpha value is -5.53. The Labute approximate surface area is 321 Å². The van der Waals surface area contributed by atoms with Gasteiger partial charge in [0.2, 0.25) is 34.5 Å². The number of anilines is 1. The van der Waals surface area contributed by atoms with Crippen LogP contribution >= 0.6 is 0 Å². The molecule has 6 N–H and O–H groups in total. The third-order valence-electron chi connectivity index (χ3n) is 9.43. The minimum Gasteiger partial charge on any atom is -0.445 e. The number of ether oxygens (including phenoxy) is 1. The summed E-state index contributed by atoms with van der Waals surface area (Å²) in [5.41, 5.74) is 0.805. The van der Waals surface area contributed by atoms with E-state index < -0.39 is 40.8 Å². The van der Waals surface area contributed by atoms with E-state index in [1.54, 1.807) is 0 Å². The predicted octanol–water partition coefficient (Wildman–Crippen LogP) is 2.77. The van der Waals surface area contributed by atoms with Crippen molar-refractivity contribution in [3.63, 3.8) is 0 Å². The molecule has 0 radical (unpaired) electrons. The Morgan fingerprint density at radius 2 is 1.42 bits per heavy atom. The number of carbonyl (C=O) groups is 5. The summed E-state index contributed by atoms with van der Waals surface area (Å²) < 4.78 is 5.26. The topological polar surface area (TPSA) is 201 Å². The standard InChI is InChI=1S/C41H54N6O8/c1-27(2)23-32(47-41(54)55-26-29-15-8-4-9-16-29)39(52)43-22-20-31-36(38(51)37(31)50)42-21-12-19-34(48)44-25-35(49)46-33(24-28-13-6-3-7-14-28)40(53)45-30-17-10-5-11-18-30/h3-4,6-9,13-16,27,30,32-33,42H,5,10-12,17-26H2,1-2H3,(H,43,52)(H,44,48)(H,45,53)(H,46,49)(H,47,54)/t32-,33-/m0/s1. The zero-order valence-electron chi connectivity index (χ0n) is 31.7. The fourth-order valence-electron chi connectivity index (χ4n) is 6.49. The van der Waals surface area contributed by atoms with Crippen molar-refractivity contribution >= 4 is 35.4 Å². The van der Waals surface area contributed by atoms with Gasteiger partial charge in [-0.15, -0.1) is 0 Å². The van der Waals surface area contributed by atoms with Gasteiger partial charge in [-0.05, 0) is 49.1 Å². The first-order valence-corrected chi connectivity index (χ1v) is 19.2. The van der Waals surface area contributed by atoms with Crippen LogP contribution < -0.4 is 42.8 Å². The van der Waals surface area contributed by atoms with Gasteiger partial charge in [0.25, 0.3) is 0 Å². The molecule has 4 rings (SSSR count). The first kappa shape index (κ1) is 42.2. The lowest BCUT2D eigenvalue weighted by Crippen LogP contribution is -2.52. The highest BCUT2D eigenvalue weighted by Crippen LogP contribution is 2.18. The van der Waals surface area contributed by atoms with Gasteiger partial charge >= 0.3 is 6.09 Å². The summed E-state index contributed by atoms with van der Waals surface area (Å²) in [6, 6.07) is 17.0. The van der Waals surface area contributed by atoms with E-state index in [0.717, 1.165) is 43.2 Å². The number of hydrogen-bond acceptors (Lipinski definition) is 9. The molecule has 14 heteroatoms. The van der Waals surface area contributed by atoms with Crippen LogP contribution in [-0.2, 0) is 43.4 Å². The van der Waals surface area contributed by atoms with Crippen molar-refractivity contribution < 1.29 is 28.7 Å². The quantitative estimate of drug-likeness (QED) is 0.0698. The van der Waals surface area contributed by atoms with Crippen LogP contribution in [0.1, 0.15) is 81.9 Å². The van der Waals surface area contributed by atoms with Crippen molar-refractivity contribution in [3.05, 3.63) is 97.8 Å². The number of nitrogens with one attached hydrogen (secondary N) is 6. The van der Waals surface area contributed by atoms with Gasteiger partial charge in [0.15, 0.2) is 0 Å². The second-order valence-electron chi connectivity index (χ2n) is 14.4. The molecule has 55 heavy (non-hydrogen) atoms. The van der Waals surface area contributed by atoms with Gasteiger partial charge in [-0.25, -0.2) is 4.79 Å². The fraction of sp³-hybridized carbons (Fsp3) is 0.488. The number of rotatable bonds is 21. The average molecular weight is 759 g/mol. The maximum absolute atomic E-state index is 13.2. The number of benzene rings is 2. The van der Waals surface area contributed by atoms with Gasteiger partial charge in [0.1, 0.15) is 18.7 Å². The minimum atomic E-state index is -0.854. The third-order valence-corrected chi connectivity index (χ3v) is 9.43. The average Bonchev–Trinajstić information content (AvgIpc) is 3.18. The molecule has 0 spiro atoms. The molecule has 0 bridgehead atoms. The smallest absolute Gasteiger partial charge is 0.408 e. The van der Waals surface area contributed by atoms with E-state index in [1.807, 2.05) is 74.5 Å². The van der Waals surface area contributed by atoms with Crippen molar-refractivity contribution in [1.29, 1.82) is 0 Å². The lowest BCUT2D eigenvalue weighted by molar-refractivity contribution is -0.130. The monoisotopic (exact) mass is 758 g/mol. The summed E-state index contributed by atoms with van der Waals surface area (Å²) >= 11 is 0. The Balaban J connectivity index is 1.16. The van der Waals surface area contributed by atoms with Crippen LogP contribution in [0, 0.1) is 5.92 Å². The van der Waals surface area contributed by atoms with Crippen molar-refractivity contribution in [1.82, 2.24) is 26.6 Å². The first-order valence-electron chi connectivity index (χ1n) is 19.2. The second kappa shape index (κ2) is 22.0. The summed E-state index contributed by atoms with van der Waals surface area (Å²) in [7, 11) is 0. The molecule has 3 aromatic rings. The van der Waals surface area contributed by atoms with E-state index in [1.165, 1.54) is 0 Å². The zero-order valence-corrected chi connectivity index (χ0v) is 31.7. The van der Waals surface area contributed by atoms with Crippen LogP contribution in [0.15, 0.2) is 70.3 Å². The summed E-state index contributed by atoms with van der Waals surface area (Å²) in [6.45, 7) is 3.88. The highest BCUT2D eigenvalue weighted by molar-refractivity contribution is 5.90. The van der Waals surface area contributed by atoms with Gasteiger partial charge < -0.3 is 36.6 Å². The number of hydrogen-bond donors (Lipinski definition) is 6. The van der Waals surface area contributed by atoms with Crippen molar-refractivity contribution in [3.8, 4) is 0 Å². The van der Waals surface area contributed by atoms with Gasteiger partial charge in [0, 0.05) is 37.5 Å². The number of alkyl carbamates (subject to hydrolysis) is 1. The molecule has 1 saturated carbocycles. The van der Waals surface area contributed by atoms with Crippen LogP contribution in [0.5, 0.6) is 0 Å². The van der Waals surface area contributed by atoms with Crippen molar-refractivity contribution in [2.45, 2.75) is 103 Å².